The van der Waals surface area contributed by atoms with Crippen LogP contribution in [0.15, 0.2) is 40.9 Å². The van der Waals surface area contributed by atoms with Crippen LogP contribution in [0.5, 0.6) is 0 Å². The third-order valence-electron chi connectivity index (χ3n) is 4.50. The van der Waals surface area contributed by atoms with Crippen molar-refractivity contribution in [2.75, 3.05) is 25.1 Å². The van der Waals surface area contributed by atoms with Crippen LogP contribution < -0.4 is 10.6 Å². The summed E-state index contributed by atoms with van der Waals surface area (Å²) in [6.07, 6.45) is 1.59. The molecule has 1 aromatic carbocycles. The summed E-state index contributed by atoms with van der Waals surface area (Å²) in [7, 11) is 0. The van der Waals surface area contributed by atoms with E-state index in [2.05, 4.69) is 27.9 Å². The Morgan fingerprint density at radius 1 is 1.16 bits per heavy atom. The van der Waals surface area contributed by atoms with Crippen molar-refractivity contribution in [1.29, 1.82) is 0 Å². The molecular formula is C18H21N3O4. The van der Waals surface area contributed by atoms with Gasteiger partial charge in [-0.25, -0.2) is 0 Å². The highest BCUT2D eigenvalue weighted by atomic mass is 16.5. The Morgan fingerprint density at radius 3 is 2.52 bits per heavy atom. The molecule has 0 saturated carbocycles. The van der Waals surface area contributed by atoms with E-state index in [4.69, 9.17) is 9.26 Å². The van der Waals surface area contributed by atoms with Crippen LogP contribution >= 0.6 is 0 Å². The zero-order valence-electron chi connectivity index (χ0n) is 14.1. The number of nitrogens with one attached hydrogen (secondary N) is 2. The Labute approximate surface area is 145 Å². The second kappa shape index (κ2) is 7.48. The van der Waals surface area contributed by atoms with Crippen molar-refractivity contribution in [1.82, 2.24) is 10.5 Å². The van der Waals surface area contributed by atoms with Crippen LogP contribution in [0.4, 0.5) is 5.82 Å². The predicted octanol–water partition coefficient (Wildman–Crippen LogP) is 1.79. The Bertz CT molecular complexity index is 736. The second-order valence-corrected chi connectivity index (χ2v) is 6.22. The summed E-state index contributed by atoms with van der Waals surface area (Å²) in [6.45, 7) is 3.35. The fraction of sp³-hybridized carbons (Fsp3) is 0.389. The first-order valence-corrected chi connectivity index (χ1v) is 8.25. The molecule has 1 aliphatic rings. The molecule has 2 N–H and O–H groups in total. The van der Waals surface area contributed by atoms with E-state index in [-0.39, 0.29) is 11.2 Å². The topological polar surface area (TPSA) is 93.5 Å². The largest absolute Gasteiger partial charge is 0.381 e. The molecule has 2 aromatic rings. The van der Waals surface area contributed by atoms with Crippen LogP contribution in [0, 0.1) is 6.92 Å². The summed E-state index contributed by atoms with van der Waals surface area (Å²) >= 11 is 0. The van der Waals surface area contributed by atoms with Crippen molar-refractivity contribution < 1.29 is 18.8 Å². The zero-order valence-corrected chi connectivity index (χ0v) is 14.1. The van der Waals surface area contributed by atoms with E-state index in [1.807, 2.05) is 18.2 Å². The lowest BCUT2D eigenvalue weighted by molar-refractivity contribution is -0.136. The zero-order chi connectivity index (χ0) is 17.7. The first-order valence-electron chi connectivity index (χ1n) is 8.25. The number of ether oxygens (including phenoxy) is 1. The molecule has 0 aliphatic carbocycles. The van der Waals surface area contributed by atoms with Gasteiger partial charge in [-0.1, -0.05) is 35.5 Å². The van der Waals surface area contributed by atoms with Crippen molar-refractivity contribution in [3.05, 3.63) is 47.7 Å². The molecule has 0 spiro atoms. The molecule has 1 saturated heterocycles. The number of benzene rings is 1. The van der Waals surface area contributed by atoms with Crippen LogP contribution in [0.1, 0.15) is 24.2 Å². The van der Waals surface area contributed by atoms with Gasteiger partial charge in [0, 0.05) is 31.2 Å². The third-order valence-corrected chi connectivity index (χ3v) is 4.50. The molecule has 0 radical (unpaired) electrons. The predicted molar refractivity (Wildman–Crippen MR) is 91.1 cm³/mol. The number of amides is 2. The van der Waals surface area contributed by atoms with Gasteiger partial charge in [0.2, 0.25) is 0 Å². The maximum Gasteiger partial charge on any atom is 0.314 e. The number of aromatic nitrogens is 1. The Kier molecular flexibility index (Phi) is 5.14. The number of hydrogen-bond donors (Lipinski definition) is 2. The summed E-state index contributed by atoms with van der Waals surface area (Å²) in [6, 6.07) is 11.6. The van der Waals surface area contributed by atoms with E-state index < -0.39 is 11.8 Å². The summed E-state index contributed by atoms with van der Waals surface area (Å²) in [5.74, 6) is -0.673. The molecule has 7 nitrogen and oxygen atoms in total. The number of carbonyl (C=O) groups excluding carboxylic acids is 2. The minimum Gasteiger partial charge on any atom is -0.381 e. The molecule has 25 heavy (non-hydrogen) atoms. The van der Waals surface area contributed by atoms with Crippen LogP contribution in [-0.2, 0) is 19.7 Å². The van der Waals surface area contributed by atoms with Gasteiger partial charge in [0.05, 0.1) is 0 Å². The molecule has 0 bridgehead atoms. The van der Waals surface area contributed by atoms with Crippen LogP contribution in [0.25, 0.3) is 0 Å². The summed E-state index contributed by atoms with van der Waals surface area (Å²) in [5, 5.41) is 8.82. The number of hydrogen-bond acceptors (Lipinski definition) is 5. The second-order valence-electron chi connectivity index (χ2n) is 6.22. The van der Waals surface area contributed by atoms with Gasteiger partial charge in [-0.15, -0.1) is 0 Å². The van der Waals surface area contributed by atoms with E-state index >= 15 is 0 Å². The van der Waals surface area contributed by atoms with Gasteiger partial charge in [-0.3, -0.25) is 14.9 Å². The van der Waals surface area contributed by atoms with Gasteiger partial charge in [0.15, 0.2) is 5.82 Å². The lowest BCUT2D eigenvalue weighted by atomic mass is 9.74. The van der Waals surface area contributed by atoms with Crippen molar-refractivity contribution in [2.24, 2.45) is 0 Å². The third kappa shape index (κ3) is 4.06. The molecule has 7 heteroatoms. The molecule has 3 rings (SSSR count). The summed E-state index contributed by atoms with van der Waals surface area (Å²) in [5.41, 5.74) is 0.922. The monoisotopic (exact) mass is 343 g/mol. The average Bonchev–Trinajstić information content (AvgIpc) is 3.06. The molecule has 0 atom stereocenters. The molecule has 1 aromatic heterocycles. The highest BCUT2D eigenvalue weighted by molar-refractivity contribution is 6.39. The normalized spacial score (nSPS) is 16.2. The van der Waals surface area contributed by atoms with Gasteiger partial charge in [0.25, 0.3) is 0 Å². The minimum atomic E-state index is -0.761. The Hall–Kier alpha value is -2.67. The van der Waals surface area contributed by atoms with Crippen molar-refractivity contribution >= 4 is 17.6 Å². The lowest BCUT2D eigenvalue weighted by Crippen LogP contribution is -2.47. The summed E-state index contributed by atoms with van der Waals surface area (Å²) in [4.78, 5) is 24.2. The first kappa shape index (κ1) is 17.2. The first-order chi connectivity index (χ1) is 12.1. The fourth-order valence-corrected chi connectivity index (χ4v) is 3.05. The SMILES string of the molecule is Cc1cc(NC(=O)C(=O)NCC2(c3ccccc3)CCOCC2)no1. The van der Waals surface area contributed by atoms with Gasteiger partial charge in [-0.05, 0) is 25.3 Å². The number of anilines is 1. The van der Waals surface area contributed by atoms with Gasteiger partial charge < -0.3 is 14.6 Å². The van der Waals surface area contributed by atoms with Crippen molar-refractivity contribution in [2.45, 2.75) is 25.2 Å². The standard InChI is InChI=1S/C18H21N3O4/c1-13-11-15(21-25-13)20-17(23)16(22)19-12-18(7-9-24-10-8-18)14-5-3-2-4-6-14/h2-6,11H,7-10,12H2,1H3,(H,19,22)(H,20,21,23). The Morgan fingerprint density at radius 2 is 1.88 bits per heavy atom. The number of rotatable bonds is 4. The molecule has 132 valence electrons. The maximum atomic E-state index is 12.2. The van der Waals surface area contributed by atoms with E-state index in [9.17, 15) is 9.59 Å². The number of aryl methyl sites for hydroxylation is 1. The van der Waals surface area contributed by atoms with Gasteiger partial charge >= 0.3 is 11.8 Å². The average molecular weight is 343 g/mol. The van der Waals surface area contributed by atoms with E-state index in [0.717, 1.165) is 18.4 Å². The maximum absolute atomic E-state index is 12.2. The van der Waals surface area contributed by atoms with Crippen molar-refractivity contribution in [3.63, 3.8) is 0 Å². The van der Waals surface area contributed by atoms with Gasteiger partial charge in [-0.2, -0.15) is 0 Å². The quantitative estimate of drug-likeness (QED) is 0.826. The Balaban J connectivity index is 1.64. The molecule has 2 heterocycles. The minimum absolute atomic E-state index is 0.222. The highest BCUT2D eigenvalue weighted by Crippen LogP contribution is 2.34. The molecule has 1 aliphatic heterocycles. The van der Waals surface area contributed by atoms with E-state index in [0.29, 0.717) is 25.5 Å². The van der Waals surface area contributed by atoms with Crippen LogP contribution in [-0.4, -0.2) is 36.7 Å². The number of nitrogens with zero attached hydrogens (tertiary/aromatic N) is 1. The number of carbonyl (C=O) groups is 2. The molecule has 1 fully saturated rings. The van der Waals surface area contributed by atoms with Crippen LogP contribution in [0.2, 0.25) is 0 Å². The molecule has 0 unspecified atom stereocenters. The smallest absolute Gasteiger partial charge is 0.314 e. The van der Waals surface area contributed by atoms with Crippen molar-refractivity contribution in [3.8, 4) is 0 Å². The van der Waals surface area contributed by atoms with E-state index in [1.165, 1.54) is 0 Å². The summed E-state index contributed by atoms with van der Waals surface area (Å²) < 4.78 is 10.3. The van der Waals surface area contributed by atoms with Gasteiger partial charge in [0.1, 0.15) is 5.76 Å². The lowest BCUT2D eigenvalue weighted by Gasteiger charge is -2.37. The molecular weight excluding hydrogens is 322 g/mol. The molecule has 2 amide bonds. The van der Waals surface area contributed by atoms with Crippen LogP contribution in [0.3, 0.4) is 0 Å². The highest BCUT2D eigenvalue weighted by Gasteiger charge is 2.35. The van der Waals surface area contributed by atoms with E-state index in [1.54, 1.807) is 13.0 Å². The fourth-order valence-electron chi connectivity index (χ4n) is 3.05.